The number of unbranched alkanes of at least 4 members (excludes halogenated alkanes) is 1. The minimum atomic E-state index is -4.39. The van der Waals surface area contributed by atoms with Gasteiger partial charge in [0.05, 0.1) is 10.8 Å². The first-order valence-electron chi connectivity index (χ1n) is 10.5. The van der Waals surface area contributed by atoms with Crippen LogP contribution in [-0.2, 0) is 0 Å². The van der Waals surface area contributed by atoms with Crippen LogP contribution >= 0.6 is 0 Å². The normalized spacial score (nSPS) is 16.7. The molecule has 0 saturated carbocycles. The highest BCUT2D eigenvalue weighted by atomic mass is 19.4. The molecule has 1 atom stereocenters. The van der Waals surface area contributed by atoms with Crippen molar-refractivity contribution < 1.29 is 26.3 Å². The lowest BCUT2D eigenvalue weighted by Crippen LogP contribution is -2.47. The molecule has 1 unspecified atom stereocenters. The zero-order chi connectivity index (χ0) is 22.7. The molecule has 0 saturated heterocycles. The van der Waals surface area contributed by atoms with Crippen LogP contribution in [0.1, 0.15) is 88.0 Å². The number of hydrogen-bond donors (Lipinski definition) is 0. The summed E-state index contributed by atoms with van der Waals surface area (Å²) in [5, 5.41) is 0. The summed E-state index contributed by atoms with van der Waals surface area (Å²) in [6.45, 7) is 14.6. The fourth-order valence-electron chi connectivity index (χ4n) is 5.69. The first-order valence-corrected chi connectivity index (χ1v) is 10.5. The maximum atomic E-state index is 14.0. The molecule has 0 aliphatic heterocycles. The van der Waals surface area contributed by atoms with Gasteiger partial charge in [0.2, 0.25) is 0 Å². The topological polar surface area (TPSA) is 0 Å². The third kappa shape index (κ3) is 5.59. The van der Waals surface area contributed by atoms with Crippen molar-refractivity contribution in [2.45, 2.75) is 100 Å². The molecular weight excluding hydrogens is 378 g/mol. The zero-order valence-electron chi connectivity index (χ0n) is 19.0. The van der Waals surface area contributed by atoms with Gasteiger partial charge in [-0.25, -0.2) is 0 Å². The molecule has 0 fully saturated rings. The first kappa shape index (κ1) is 27.6. The molecule has 0 aromatic heterocycles. The summed E-state index contributed by atoms with van der Waals surface area (Å²) in [5.74, 6) is -2.14. The van der Waals surface area contributed by atoms with Gasteiger partial charge in [-0.2, -0.15) is 26.3 Å². The SMILES string of the molecule is CC(C)C(C(C)C)C(C)(CCCCC(C(C)C)(C(C)C)C(F)(F)F)C(F)(F)F. The first-order chi connectivity index (χ1) is 12.4. The maximum Gasteiger partial charge on any atom is 0.394 e. The smallest absolute Gasteiger partial charge is 0.171 e. The molecule has 0 nitrogen and oxygen atoms in total. The van der Waals surface area contributed by atoms with Crippen molar-refractivity contribution >= 4 is 0 Å². The lowest BCUT2D eigenvalue weighted by Gasteiger charge is -2.45. The third-order valence-electron chi connectivity index (χ3n) is 6.94. The van der Waals surface area contributed by atoms with Gasteiger partial charge in [-0.3, -0.25) is 0 Å². The monoisotopic (exact) mass is 418 g/mol. The fraction of sp³-hybridized carbons (Fsp3) is 1.00. The second-order valence-electron chi connectivity index (χ2n) is 9.98. The van der Waals surface area contributed by atoms with E-state index in [4.69, 9.17) is 0 Å². The molecule has 0 amide bonds. The molecule has 0 bridgehead atoms. The molecule has 0 spiro atoms. The largest absolute Gasteiger partial charge is 0.394 e. The Kier molecular flexibility index (Phi) is 9.45. The van der Waals surface area contributed by atoms with Crippen molar-refractivity contribution in [1.29, 1.82) is 0 Å². The van der Waals surface area contributed by atoms with Crippen LogP contribution < -0.4 is 0 Å². The van der Waals surface area contributed by atoms with E-state index in [2.05, 4.69) is 0 Å². The molecule has 0 aliphatic carbocycles. The van der Waals surface area contributed by atoms with E-state index >= 15 is 0 Å². The van der Waals surface area contributed by atoms with Crippen LogP contribution in [0.15, 0.2) is 0 Å². The highest BCUT2D eigenvalue weighted by Gasteiger charge is 2.58. The van der Waals surface area contributed by atoms with Crippen LogP contribution in [0.3, 0.4) is 0 Å². The molecule has 0 aromatic rings. The molecule has 0 heterocycles. The summed E-state index contributed by atoms with van der Waals surface area (Å²) in [7, 11) is 0. The number of halogens is 6. The van der Waals surface area contributed by atoms with Crippen LogP contribution in [0, 0.1) is 40.4 Å². The van der Waals surface area contributed by atoms with Gasteiger partial charge in [0.25, 0.3) is 0 Å². The summed E-state index contributed by atoms with van der Waals surface area (Å²) in [6.07, 6.45) is -8.74. The van der Waals surface area contributed by atoms with E-state index in [1.165, 1.54) is 6.92 Å². The van der Waals surface area contributed by atoms with Crippen LogP contribution in [-0.4, -0.2) is 12.4 Å². The molecule has 0 radical (unpaired) electrons. The Balaban J connectivity index is 5.52. The Morgan fingerprint density at radius 1 is 0.571 bits per heavy atom. The number of hydrogen-bond acceptors (Lipinski definition) is 0. The summed E-state index contributed by atoms with van der Waals surface area (Å²) in [6, 6.07) is 0. The van der Waals surface area contributed by atoms with Crippen molar-refractivity contribution in [2.24, 2.45) is 40.4 Å². The molecule has 0 rings (SSSR count). The zero-order valence-corrected chi connectivity index (χ0v) is 19.0. The van der Waals surface area contributed by atoms with E-state index in [9.17, 15) is 26.3 Å². The summed E-state index contributed by atoms with van der Waals surface area (Å²) < 4.78 is 83.7. The van der Waals surface area contributed by atoms with Crippen LogP contribution in [0.25, 0.3) is 0 Å². The van der Waals surface area contributed by atoms with Gasteiger partial charge in [-0.1, -0.05) is 75.2 Å². The van der Waals surface area contributed by atoms with E-state index in [1.807, 2.05) is 0 Å². The van der Waals surface area contributed by atoms with E-state index in [0.717, 1.165) is 0 Å². The summed E-state index contributed by atoms with van der Waals surface area (Å²) >= 11 is 0. The second kappa shape index (κ2) is 9.59. The average molecular weight is 419 g/mol. The van der Waals surface area contributed by atoms with Crippen molar-refractivity contribution in [2.75, 3.05) is 0 Å². The predicted molar refractivity (Wildman–Crippen MR) is 104 cm³/mol. The second-order valence-corrected chi connectivity index (χ2v) is 9.98. The van der Waals surface area contributed by atoms with E-state index in [-0.39, 0.29) is 37.5 Å². The van der Waals surface area contributed by atoms with Crippen LogP contribution in [0.2, 0.25) is 0 Å². The quantitative estimate of drug-likeness (QED) is 0.245. The van der Waals surface area contributed by atoms with Crippen molar-refractivity contribution in [3.63, 3.8) is 0 Å². The molecular formula is C22H40F6. The minimum Gasteiger partial charge on any atom is -0.171 e. The molecule has 0 N–H and O–H groups in total. The van der Waals surface area contributed by atoms with Crippen molar-refractivity contribution in [3.05, 3.63) is 0 Å². The van der Waals surface area contributed by atoms with Gasteiger partial charge in [-0.05, 0) is 42.4 Å². The Morgan fingerprint density at radius 2 is 0.929 bits per heavy atom. The van der Waals surface area contributed by atoms with E-state index in [0.29, 0.717) is 0 Å². The third-order valence-corrected chi connectivity index (χ3v) is 6.94. The van der Waals surface area contributed by atoms with Gasteiger partial charge < -0.3 is 0 Å². The minimum absolute atomic E-state index is 0.131. The number of alkyl halides is 6. The van der Waals surface area contributed by atoms with Gasteiger partial charge in [0.1, 0.15) is 0 Å². The Hall–Kier alpha value is -0.420. The van der Waals surface area contributed by atoms with Crippen LogP contribution in [0.4, 0.5) is 26.3 Å². The van der Waals surface area contributed by atoms with Gasteiger partial charge in [0.15, 0.2) is 0 Å². The van der Waals surface area contributed by atoms with E-state index in [1.54, 1.807) is 55.4 Å². The van der Waals surface area contributed by atoms with Gasteiger partial charge in [-0.15, -0.1) is 0 Å². The summed E-state index contributed by atoms with van der Waals surface area (Å²) in [5.41, 5.74) is -3.76. The summed E-state index contributed by atoms with van der Waals surface area (Å²) in [4.78, 5) is 0. The van der Waals surface area contributed by atoms with Gasteiger partial charge >= 0.3 is 12.4 Å². The molecule has 170 valence electrons. The average Bonchev–Trinajstić information content (AvgIpc) is 2.42. The Labute approximate surface area is 167 Å². The standard InChI is InChI=1S/C22H40F6/c1-14(2)18(15(3)4)19(9,21(23,24)25)12-10-11-13-20(16(5)6,17(7)8)22(26,27)28/h14-18H,10-13H2,1-9H3. The molecule has 0 aliphatic rings. The highest BCUT2D eigenvalue weighted by Crippen LogP contribution is 2.55. The van der Waals surface area contributed by atoms with Crippen LogP contribution in [0.5, 0.6) is 0 Å². The van der Waals surface area contributed by atoms with Crippen molar-refractivity contribution in [1.82, 2.24) is 0 Å². The molecule has 0 aromatic carbocycles. The molecule has 6 heteroatoms. The number of rotatable bonds is 10. The lowest BCUT2D eigenvalue weighted by atomic mass is 9.62. The predicted octanol–water partition coefficient (Wildman–Crippen LogP) is 8.90. The lowest BCUT2D eigenvalue weighted by molar-refractivity contribution is -0.261. The highest BCUT2D eigenvalue weighted by molar-refractivity contribution is 4.94. The Bertz CT molecular complexity index is 443. The molecule has 28 heavy (non-hydrogen) atoms. The fourth-order valence-corrected chi connectivity index (χ4v) is 5.69. The maximum absolute atomic E-state index is 14.0. The van der Waals surface area contributed by atoms with E-state index < -0.39 is 40.9 Å². The van der Waals surface area contributed by atoms with Crippen molar-refractivity contribution in [3.8, 4) is 0 Å². The Morgan fingerprint density at radius 3 is 1.18 bits per heavy atom. The van der Waals surface area contributed by atoms with Gasteiger partial charge in [0, 0.05) is 0 Å².